The van der Waals surface area contributed by atoms with Gasteiger partial charge in [0.05, 0.1) is 17.1 Å². The van der Waals surface area contributed by atoms with Crippen LogP contribution in [-0.2, 0) is 9.59 Å². The van der Waals surface area contributed by atoms with Gasteiger partial charge >= 0.3 is 0 Å². The van der Waals surface area contributed by atoms with Crippen molar-refractivity contribution in [3.63, 3.8) is 0 Å². The van der Waals surface area contributed by atoms with Crippen LogP contribution in [0.5, 0.6) is 11.5 Å². The molecule has 0 aliphatic carbocycles. The number of rotatable bonds is 7. The number of nitriles is 1. The fraction of sp³-hybridized carbons (Fsp3) is 0.0370. The van der Waals surface area contributed by atoms with Crippen molar-refractivity contribution in [1.82, 2.24) is 4.98 Å². The highest BCUT2D eigenvalue weighted by molar-refractivity contribution is 7.14. The normalized spacial score (nSPS) is 10.8. The molecule has 3 aromatic carbocycles. The number of carbonyl (C=O) groups is 2. The van der Waals surface area contributed by atoms with E-state index in [1.807, 2.05) is 42.5 Å². The van der Waals surface area contributed by atoms with E-state index in [2.05, 4.69) is 10.3 Å². The van der Waals surface area contributed by atoms with Crippen molar-refractivity contribution in [1.29, 1.82) is 5.26 Å². The summed E-state index contributed by atoms with van der Waals surface area (Å²) in [4.78, 5) is 31.1. The minimum absolute atomic E-state index is 0.134. The molecule has 0 radical (unpaired) electrons. The molecular weight excluding hydrogens is 460 g/mol. The summed E-state index contributed by atoms with van der Waals surface area (Å²) in [5, 5.41) is 14.5. The number of para-hydroxylation sites is 4. The van der Waals surface area contributed by atoms with Gasteiger partial charge in [-0.3, -0.25) is 14.5 Å². The van der Waals surface area contributed by atoms with Gasteiger partial charge in [0.1, 0.15) is 17.4 Å². The topological polar surface area (TPSA) is 95.3 Å². The van der Waals surface area contributed by atoms with E-state index in [4.69, 9.17) is 4.74 Å². The fourth-order valence-electron chi connectivity index (χ4n) is 3.21. The van der Waals surface area contributed by atoms with Crippen LogP contribution in [0.1, 0.15) is 12.6 Å². The number of hydrogen-bond donors (Lipinski definition) is 1. The molecule has 1 aromatic heterocycles. The highest BCUT2D eigenvalue weighted by atomic mass is 32.1. The standard InChI is InChI=1S/C27H20N4O3S/c1-19(32)31(22-10-4-2-5-11-22)27-29-21(18-35-27)16-20(17-28)26(33)30-24-14-8-9-15-25(24)34-23-12-6-3-7-13-23/h2-16,18H,1H3,(H,30,33)/b20-16+. The molecule has 0 saturated heterocycles. The first-order valence-electron chi connectivity index (χ1n) is 10.6. The molecule has 0 bridgehead atoms. The average Bonchev–Trinajstić information content (AvgIpc) is 3.32. The molecule has 0 fully saturated rings. The van der Waals surface area contributed by atoms with Crippen molar-refractivity contribution in [3.8, 4) is 17.6 Å². The van der Waals surface area contributed by atoms with E-state index in [1.54, 1.807) is 53.9 Å². The molecule has 1 heterocycles. The Morgan fingerprint density at radius 3 is 2.34 bits per heavy atom. The highest BCUT2D eigenvalue weighted by Gasteiger charge is 2.18. The van der Waals surface area contributed by atoms with Crippen molar-refractivity contribution in [2.45, 2.75) is 6.92 Å². The maximum absolute atomic E-state index is 12.9. The van der Waals surface area contributed by atoms with Gasteiger partial charge in [-0.25, -0.2) is 4.98 Å². The predicted molar refractivity (Wildman–Crippen MR) is 137 cm³/mol. The largest absolute Gasteiger partial charge is 0.455 e. The number of ether oxygens (including phenoxy) is 1. The number of aromatic nitrogens is 1. The minimum atomic E-state index is -0.599. The Morgan fingerprint density at radius 1 is 1.00 bits per heavy atom. The molecule has 1 N–H and O–H groups in total. The fourth-order valence-corrected chi connectivity index (χ4v) is 4.05. The predicted octanol–water partition coefficient (Wildman–Crippen LogP) is 6.17. The zero-order valence-corrected chi connectivity index (χ0v) is 19.5. The Hall–Kier alpha value is -4.74. The molecule has 8 heteroatoms. The van der Waals surface area contributed by atoms with Crippen LogP contribution in [-0.4, -0.2) is 16.8 Å². The quantitative estimate of drug-likeness (QED) is 0.252. The van der Waals surface area contributed by atoms with Crippen LogP contribution in [0.25, 0.3) is 6.08 Å². The highest BCUT2D eigenvalue weighted by Crippen LogP contribution is 2.31. The van der Waals surface area contributed by atoms with E-state index < -0.39 is 5.91 Å². The van der Waals surface area contributed by atoms with E-state index in [0.29, 0.717) is 33.7 Å². The van der Waals surface area contributed by atoms with Crippen LogP contribution in [0.2, 0.25) is 0 Å². The molecule has 0 unspecified atom stereocenters. The second-order valence-electron chi connectivity index (χ2n) is 7.28. The summed E-state index contributed by atoms with van der Waals surface area (Å²) in [5.41, 5.74) is 1.37. The van der Waals surface area contributed by atoms with Crippen LogP contribution in [0.3, 0.4) is 0 Å². The Balaban J connectivity index is 1.55. The molecule has 4 rings (SSSR count). The van der Waals surface area contributed by atoms with Crippen LogP contribution >= 0.6 is 11.3 Å². The summed E-state index contributed by atoms with van der Waals surface area (Å²) in [7, 11) is 0. The Labute approximate surface area is 206 Å². The maximum atomic E-state index is 12.9. The molecule has 0 spiro atoms. The first-order valence-corrected chi connectivity index (χ1v) is 11.5. The lowest BCUT2D eigenvalue weighted by Crippen LogP contribution is -2.22. The van der Waals surface area contributed by atoms with Gasteiger partial charge in [-0.1, -0.05) is 48.5 Å². The van der Waals surface area contributed by atoms with Crippen LogP contribution < -0.4 is 15.0 Å². The van der Waals surface area contributed by atoms with Gasteiger partial charge in [0, 0.05) is 12.3 Å². The molecule has 0 aliphatic heterocycles. The van der Waals surface area contributed by atoms with E-state index in [0.717, 1.165) is 0 Å². The monoisotopic (exact) mass is 480 g/mol. The van der Waals surface area contributed by atoms with E-state index >= 15 is 0 Å². The third-order valence-electron chi connectivity index (χ3n) is 4.79. The third-order valence-corrected chi connectivity index (χ3v) is 5.64. The molecule has 2 amide bonds. The second-order valence-corrected chi connectivity index (χ2v) is 8.12. The summed E-state index contributed by atoms with van der Waals surface area (Å²) < 4.78 is 5.87. The van der Waals surface area contributed by atoms with Crippen molar-refractivity contribution >= 4 is 45.7 Å². The number of nitrogens with zero attached hydrogens (tertiary/aromatic N) is 3. The molecular formula is C27H20N4O3S. The lowest BCUT2D eigenvalue weighted by Gasteiger charge is -2.17. The number of hydrogen-bond acceptors (Lipinski definition) is 6. The number of carbonyl (C=O) groups excluding carboxylic acids is 2. The minimum Gasteiger partial charge on any atom is -0.455 e. The average molecular weight is 481 g/mol. The van der Waals surface area contributed by atoms with Crippen molar-refractivity contribution in [2.75, 3.05) is 10.2 Å². The van der Waals surface area contributed by atoms with Gasteiger partial charge in [-0.2, -0.15) is 5.26 Å². The zero-order valence-electron chi connectivity index (χ0n) is 18.7. The first kappa shape index (κ1) is 23.4. The Morgan fingerprint density at radius 2 is 1.66 bits per heavy atom. The molecule has 0 atom stereocenters. The third kappa shape index (κ3) is 5.79. The summed E-state index contributed by atoms with van der Waals surface area (Å²) in [6.45, 7) is 1.45. The number of nitrogens with one attached hydrogen (secondary N) is 1. The van der Waals surface area contributed by atoms with E-state index in [1.165, 1.54) is 29.2 Å². The number of thiazole rings is 1. The summed E-state index contributed by atoms with van der Waals surface area (Å²) in [6, 6.07) is 27.2. The zero-order chi connectivity index (χ0) is 24.6. The van der Waals surface area contributed by atoms with Gasteiger partial charge in [0.25, 0.3) is 5.91 Å². The van der Waals surface area contributed by atoms with E-state index in [-0.39, 0.29) is 11.5 Å². The molecule has 0 aliphatic rings. The maximum Gasteiger partial charge on any atom is 0.266 e. The summed E-state index contributed by atoms with van der Waals surface area (Å²) >= 11 is 1.24. The van der Waals surface area contributed by atoms with Crippen LogP contribution in [0.4, 0.5) is 16.5 Å². The van der Waals surface area contributed by atoms with Gasteiger partial charge in [-0.05, 0) is 42.5 Å². The van der Waals surface area contributed by atoms with Gasteiger partial charge in [0.2, 0.25) is 5.91 Å². The van der Waals surface area contributed by atoms with E-state index in [9.17, 15) is 14.9 Å². The number of benzene rings is 3. The number of amides is 2. The lowest BCUT2D eigenvalue weighted by atomic mass is 10.2. The SMILES string of the molecule is CC(=O)N(c1ccccc1)c1nc(/C=C(\C#N)C(=O)Nc2ccccc2Oc2ccccc2)cs1. The lowest BCUT2D eigenvalue weighted by molar-refractivity contribution is -0.116. The Kier molecular flexibility index (Phi) is 7.31. The Bertz CT molecular complexity index is 1410. The molecule has 4 aromatic rings. The van der Waals surface area contributed by atoms with Crippen molar-refractivity contribution in [2.24, 2.45) is 0 Å². The summed E-state index contributed by atoms with van der Waals surface area (Å²) in [6.07, 6.45) is 1.39. The number of anilines is 3. The smallest absolute Gasteiger partial charge is 0.266 e. The van der Waals surface area contributed by atoms with Crippen LogP contribution in [0, 0.1) is 11.3 Å². The molecule has 7 nitrogen and oxygen atoms in total. The summed E-state index contributed by atoms with van der Waals surface area (Å²) in [5.74, 6) is 0.265. The van der Waals surface area contributed by atoms with Gasteiger partial charge < -0.3 is 10.1 Å². The second kappa shape index (κ2) is 10.9. The molecule has 35 heavy (non-hydrogen) atoms. The molecule has 172 valence electrons. The van der Waals surface area contributed by atoms with Crippen LogP contribution in [0.15, 0.2) is 95.9 Å². The van der Waals surface area contributed by atoms with Crippen molar-refractivity contribution in [3.05, 3.63) is 102 Å². The van der Waals surface area contributed by atoms with Crippen molar-refractivity contribution < 1.29 is 14.3 Å². The van der Waals surface area contributed by atoms with Gasteiger partial charge in [-0.15, -0.1) is 11.3 Å². The molecule has 0 saturated carbocycles. The van der Waals surface area contributed by atoms with Gasteiger partial charge in [0.15, 0.2) is 10.9 Å². The first-order chi connectivity index (χ1) is 17.0.